The number of nitrogens with zero attached hydrogens (tertiary/aromatic N) is 2. The predicted molar refractivity (Wildman–Crippen MR) is 91.1 cm³/mol. The summed E-state index contributed by atoms with van der Waals surface area (Å²) in [4.78, 5) is 25.5. The standard InChI is InChI=1S/C18H23N3O3/c1-12(22)13-5-6-14(10-19)16(9-13)21-8-7-15(11-21)20-17(23)24-18(2,3)4/h5-6,9,15H,7-8,11H2,1-4H3,(H,20,23). The minimum absolute atomic E-state index is 0.0385. The zero-order chi connectivity index (χ0) is 17.9. The van der Waals surface area contributed by atoms with Crippen LogP contribution in [0.2, 0.25) is 0 Å². The molecule has 1 fully saturated rings. The lowest BCUT2D eigenvalue weighted by atomic mass is 10.1. The molecule has 2 rings (SSSR count). The number of Topliss-reactive ketones (excluding diaryl/α,β-unsaturated/α-hetero) is 1. The van der Waals surface area contributed by atoms with Crippen LogP contribution in [-0.2, 0) is 4.74 Å². The smallest absolute Gasteiger partial charge is 0.407 e. The van der Waals surface area contributed by atoms with Gasteiger partial charge in [0.05, 0.1) is 17.3 Å². The lowest BCUT2D eigenvalue weighted by molar-refractivity contribution is 0.0509. The normalized spacial score (nSPS) is 17.3. The molecule has 1 amide bonds. The minimum atomic E-state index is -0.536. The number of carbonyl (C=O) groups excluding carboxylic acids is 2. The third kappa shape index (κ3) is 4.48. The minimum Gasteiger partial charge on any atom is -0.444 e. The van der Waals surface area contributed by atoms with Crippen molar-refractivity contribution in [1.29, 1.82) is 5.26 Å². The number of amides is 1. The van der Waals surface area contributed by atoms with E-state index < -0.39 is 11.7 Å². The monoisotopic (exact) mass is 329 g/mol. The Morgan fingerprint density at radius 3 is 2.67 bits per heavy atom. The predicted octanol–water partition coefficient (Wildman–Crippen LogP) is 2.86. The summed E-state index contributed by atoms with van der Waals surface area (Å²) in [6.45, 7) is 8.24. The Kier molecular flexibility index (Phi) is 5.13. The molecule has 128 valence electrons. The van der Waals surface area contributed by atoms with Crippen LogP contribution in [0, 0.1) is 11.3 Å². The molecule has 0 aliphatic carbocycles. The SMILES string of the molecule is CC(=O)c1ccc(C#N)c(N2CCC(NC(=O)OC(C)(C)C)C2)c1. The van der Waals surface area contributed by atoms with Crippen LogP contribution >= 0.6 is 0 Å². The largest absolute Gasteiger partial charge is 0.444 e. The summed E-state index contributed by atoms with van der Waals surface area (Å²) in [5.41, 5.74) is 1.30. The topological polar surface area (TPSA) is 82.4 Å². The molecule has 1 saturated heterocycles. The molecule has 0 spiro atoms. The van der Waals surface area contributed by atoms with Crippen molar-refractivity contribution in [1.82, 2.24) is 5.32 Å². The van der Waals surface area contributed by atoms with Crippen LogP contribution in [0.1, 0.15) is 50.0 Å². The van der Waals surface area contributed by atoms with Gasteiger partial charge in [-0.2, -0.15) is 5.26 Å². The van der Waals surface area contributed by atoms with Gasteiger partial charge in [0.2, 0.25) is 0 Å². The third-order valence-electron chi connectivity index (χ3n) is 3.77. The van der Waals surface area contributed by atoms with Crippen LogP contribution in [0.4, 0.5) is 10.5 Å². The van der Waals surface area contributed by atoms with Crippen LogP contribution in [0.15, 0.2) is 18.2 Å². The van der Waals surface area contributed by atoms with Crippen molar-refractivity contribution >= 4 is 17.6 Å². The summed E-state index contributed by atoms with van der Waals surface area (Å²) < 4.78 is 5.27. The van der Waals surface area contributed by atoms with Crippen molar-refractivity contribution in [3.05, 3.63) is 29.3 Å². The molecule has 1 atom stereocenters. The van der Waals surface area contributed by atoms with E-state index in [2.05, 4.69) is 11.4 Å². The number of hydrogen-bond acceptors (Lipinski definition) is 5. The van der Waals surface area contributed by atoms with E-state index >= 15 is 0 Å². The molecular formula is C18H23N3O3. The van der Waals surface area contributed by atoms with Crippen molar-refractivity contribution < 1.29 is 14.3 Å². The highest BCUT2D eigenvalue weighted by molar-refractivity contribution is 5.95. The summed E-state index contributed by atoms with van der Waals surface area (Å²) in [6, 6.07) is 7.19. The molecule has 1 heterocycles. The second-order valence-electron chi connectivity index (χ2n) is 6.98. The molecule has 24 heavy (non-hydrogen) atoms. The Balaban J connectivity index is 2.08. The highest BCUT2D eigenvalue weighted by Crippen LogP contribution is 2.26. The van der Waals surface area contributed by atoms with Crippen molar-refractivity contribution in [3.8, 4) is 6.07 Å². The molecule has 1 aliphatic heterocycles. The van der Waals surface area contributed by atoms with E-state index in [9.17, 15) is 14.9 Å². The van der Waals surface area contributed by atoms with Crippen molar-refractivity contribution in [2.45, 2.75) is 45.8 Å². The first kappa shape index (κ1) is 17.8. The van der Waals surface area contributed by atoms with Gasteiger partial charge in [0.1, 0.15) is 11.7 Å². The number of hydrogen-bond donors (Lipinski definition) is 1. The third-order valence-corrected chi connectivity index (χ3v) is 3.77. The van der Waals surface area contributed by atoms with Gasteiger partial charge in [-0.25, -0.2) is 4.79 Å². The van der Waals surface area contributed by atoms with E-state index in [1.807, 2.05) is 25.7 Å². The van der Waals surface area contributed by atoms with Crippen molar-refractivity contribution in [3.63, 3.8) is 0 Å². The number of anilines is 1. The number of carbonyl (C=O) groups is 2. The Morgan fingerprint density at radius 2 is 2.08 bits per heavy atom. The Labute approximate surface area is 142 Å². The summed E-state index contributed by atoms with van der Waals surface area (Å²) in [5, 5.41) is 12.2. The van der Waals surface area contributed by atoms with Gasteiger partial charge in [0, 0.05) is 18.7 Å². The molecule has 6 nitrogen and oxygen atoms in total. The first-order chi connectivity index (χ1) is 11.2. The molecule has 1 N–H and O–H groups in total. The zero-order valence-electron chi connectivity index (χ0n) is 14.5. The maximum absolute atomic E-state index is 11.9. The highest BCUT2D eigenvalue weighted by Gasteiger charge is 2.27. The Morgan fingerprint density at radius 1 is 1.38 bits per heavy atom. The van der Waals surface area contributed by atoms with Gasteiger partial charge >= 0.3 is 6.09 Å². The zero-order valence-corrected chi connectivity index (χ0v) is 14.5. The maximum Gasteiger partial charge on any atom is 0.407 e. The van der Waals surface area contributed by atoms with Gasteiger partial charge < -0.3 is 15.0 Å². The highest BCUT2D eigenvalue weighted by atomic mass is 16.6. The number of alkyl carbamates (subject to hydrolysis) is 1. The Hall–Kier alpha value is -2.55. The molecule has 1 aliphatic rings. The van der Waals surface area contributed by atoms with Crippen molar-refractivity contribution in [2.75, 3.05) is 18.0 Å². The van der Waals surface area contributed by atoms with E-state index in [4.69, 9.17) is 4.74 Å². The number of benzene rings is 1. The number of nitrogens with one attached hydrogen (secondary N) is 1. The van der Waals surface area contributed by atoms with E-state index in [-0.39, 0.29) is 11.8 Å². The first-order valence-electron chi connectivity index (χ1n) is 7.99. The lowest BCUT2D eigenvalue weighted by Gasteiger charge is -2.23. The number of ketones is 1. The molecule has 6 heteroatoms. The van der Waals surface area contributed by atoms with Gasteiger partial charge in [-0.05, 0) is 52.3 Å². The number of nitriles is 1. The maximum atomic E-state index is 11.9. The van der Waals surface area contributed by atoms with Gasteiger partial charge in [-0.3, -0.25) is 4.79 Å². The second-order valence-corrected chi connectivity index (χ2v) is 6.98. The van der Waals surface area contributed by atoms with Gasteiger partial charge in [0.25, 0.3) is 0 Å². The van der Waals surface area contributed by atoms with Crippen LogP contribution in [-0.4, -0.2) is 36.6 Å². The van der Waals surface area contributed by atoms with Crippen molar-refractivity contribution in [2.24, 2.45) is 0 Å². The number of ether oxygens (including phenoxy) is 1. The van der Waals surface area contributed by atoms with E-state index in [0.717, 1.165) is 12.1 Å². The molecule has 0 bridgehead atoms. The van der Waals surface area contributed by atoms with E-state index in [1.165, 1.54) is 6.92 Å². The molecule has 1 aromatic carbocycles. The quantitative estimate of drug-likeness (QED) is 0.862. The number of rotatable bonds is 3. The molecular weight excluding hydrogens is 306 g/mol. The summed E-state index contributed by atoms with van der Waals surface area (Å²) in [6.07, 6.45) is 0.321. The molecule has 0 radical (unpaired) electrons. The van der Waals surface area contributed by atoms with E-state index in [0.29, 0.717) is 24.2 Å². The van der Waals surface area contributed by atoms with E-state index in [1.54, 1.807) is 18.2 Å². The Bertz CT molecular complexity index is 686. The average Bonchev–Trinajstić information content (AvgIpc) is 2.92. The fourth-order valence-corrected chi connectivity index (χ4v) is 2.68. The van der Waals surface area contributed by atoms with Crippen LogP contribution in [0.25, 0.3) is 0 Å². The molecule has 0 aromatic heterocycles. The van der Waals surface area contributed by atoms with Crippen LogP contribution < -0.4 is 10.2 Å². The lowest BCUT2D eigenvalue weighted by Crippen LogP contribution is -2.40. The summed E-state index contributed by atoms with van der Waals surface area (Å²) in [7, 11) is 0. The fourth-order valence-electron chi connectivity index (χ4n) is 2.68. The summed E-state index contributed by atoms with van der Waals surface area (Å²) in [5.74, 6) is -0.0385. The molecule has 1 unspecified atom stereocenters. The van der Waals surface area contributed by atoms with Gasteiger partial charge in [-0.1, -0.05) is 0 Å². The second kappa shape index (κ2) is 6.91. The van der Waals surface area contributed by atoms with Crippen LogP contribution in [0.5, 0.6) is 0 Å². The molecule has 1 aromatic rings. The summed E-state index contributed by atoms with van der Waals surface area (Å²) >= 11 is 0. The average molecular weight is 329 g/mol. The molecule has 0 saturated carbocycles. The van der Waals surface area contributed by atoms with Gasteiger partial charge in [-0.15, -0.1) is 0 Å². The van der Waals surface area contributed by atoms with Crippen LogP contribution in [0.3, 0.4) is 0 Å². The first-order valence-corrected chi connectivity index (χ1v) is 7.99. The fraction of sp³-hybridized carbons (Fsp3) is 0.500. The van der Waals surface area contributed by atoms with Gasteiger partial charge in [0.15, 0.2) is 5.78 Å².